The number of halogens is 10. The molecular formula is C6H5F10O4P. The third-order valence-corrected chi connectivity index (χ3v) is 2.88. The summed E-state index contributed by atoms with van der Waals surface area (Å²) >= 11 is 0. The topological polar surface area (TPSA) is 44.8 Å². The molecule has 0 aromatic heterocycles. The second-order valence-corrected chi connectivity index (χ2v) is 4.59. The van der Waals surface area contributed by atoms with Crippen LogP contribution in [0.1, 0.15) is 6.92 Å². The Morgan fingerprint density at radius 1 is 0.762 bits per heavy atom. The van der Waals surface area contributed by atoms with Crippen LogP contribution in [0.2, 0.25) is 0 Å². The zero-order chi connectivity index (χ0) is 17.3. The molecule has 0 saturated heterocycles. The molecule has 0 aliphatic heterocycles. The molecule has 21 heavy (non-hydrogen) atoms. The molecule has 15 heteroatoms. The predicted octanol–water partition coefficient (Wildman–Crippen LogP) is 4.47. The predicted molar refractivity (Wildman–Crippen MR) is 43.4 cm³/mol. The molecule has 0 N–H and O–H groups in total. The molecule has 0 atom stereocenters. The molecular weight excluding hydrogens is 357 g/mol. The Labute approximate surface area is 109 Å². The van der Waals surface area contributed by atoms with Gasteiger partial charge in [-0.2, -0.15) is 43.9 Å². The monoisotopic (exact) mass is 362 g/mol. The summed E-state index contributed by atoms with van der Waals surface area (Å²) in [5.74, 6) is 0. The minimum absolute atomic E-state index is 0.733. The summed E-state index contributed by atoms with van der Waals surface area (Å²) in [6.07, 6.45) is -25.8. The molecule has 0 bridgehead atoms. The van der Waals surface area contributed by atoms with Crippen LogP contribution < -0.4 is 0 Å². The average Bonchev–Trinajstić information content (AvgIpc) is 2.10. The van der Waals surface area contributed by atoms with Crippen molar-refractivity contribution in [1.82, 2.24) is 0 Å². The van der Waals surface area contributed by atoms with Crippen LogP contribution in [-0.2, 0) is 18.1 Å². The van der Waals surface area contributed by atoms with E-state index in [-0.39, 0.29) is 0 Å². The van der Waals surface area contributed by atoms with E-state index in [1.165, 1.54) is 0 Å². The van der Waals surface area contributed by atoms with Gasteiger partial charge in [-0.05, 0) is 6.92 Å². The van der Waals surface area contributed by atoms with Crippen molar-refractivity contribution in [2.24, 2.45) is 0 Å². The molecule has 0 aliphatic carbocycles. The van der Waals surface area contributed by atoms with E-state index in [0.717, 1.165) is 6.92 Å². The van der Waals surface area contributed by atoms with Gasteiger partial charge < -0.3 is 0 Å². The van der Waals surface area contributed by atoms with Gasteiger partial charge in [-0.15, -0.1) is 0 Å². The lowest BCUT2D eigenvalue weighted by Gasteiger charge is -2.27. The van der Waals surface area contributed by atoms with Gasteiger partial charge in [0, 0.05) is 0 Å². The molecule has 0 aromatic carbocycles. The Bertz CT molecular complexity index is 369. The molecule has 4 nitrogen and oxygen atoms in total. The average molecular weight is 362 g/mol. The number of alkyl halides is 10. The van der Waals surface area contributed by atoms with Crippen LogP contribution in [-0.4, -0.2) is 31.2 Å². The lowest BCUT2D eigenvalue weighted by molar-refractivity contribution is -0.386. The SMILES string of the molecule is CCOP(=O)(OC(F)(F)C(F)(F)F)OC(F)(F)C(F)(F)F. The molecule has 0 aliphatic rings. The van der Waals surface area contributed by atoms with Crippen molar-refractivity contribution in [3.8, 4) is 0 Å². The van der Waals surface area contributed by atoms with Gasteiger partial charge in [0.15, 0.2) is 0 Å². The molecule has 0 aromatic rings. The highest BCUT2D eigenvalue weighted by Crippen LogP contribution is 2.61. The normalized spacial score (nSPS) is 15.4. The second kappa shape index (κ2) is 5.89. The molecule has 0 spiro atoms. The van der Waals surface area contributed by atoms with E-state index in [4.69, 9.17) is 0 Å². The smallest absolute Gasteiger partial charge is 0.287 e. The molecule has 128 valence electrons. The van der Waals surface area contributed by atoms with Crippen molar-refractivity contribution in [2.45, 2.75) is 31.5 Å². The van der Waals surface area contributed by atoms with Crippen LogP contribution in [0.15, 0.2) is 0 Å². The Morgan fingerprint density at radius 2 is 1.05 bits per heavy atom. The van der Waals surface area contributed by atoms with E-state index >= 15 is 0 Å². The highest BCUT2D eigenvalue weighted by molar-refractivity contribution is 7.48. The summed E-state index contributed by atoms with van der Waals surface area (Å²) in [5, 5.41) is 0. The van der Waals surface area contributed by atoms with Crippen LogP contribution in [0.25, 0.3) is 0 Å². The third-order valence-electron chi connectivity index (χ3n) is 1.40. The van der Waals surface area contributed by atoms with Crippen LogP contribution in [0.4, 0.5) is 43.9 Å². The Balaban J connectivity index is 5.44. The van der Waals surface area contributed by atoms with Gasteiger partial charge in [-0.25, -0.2) is 13.6 Å². The Kier molecular flexibility index (Phi) is 5.73. The number of hydrogen-bond donors (Lipinski definition) is 0. The number of phosphoric ester groups is 1. The first-order chi connectivity index (χ1) is 8.97. The van der Waals surface area contributed by atoms with Gasteiger partial charge in [-0.3, -0.25) is 4.52 Å². The van der Waals surface area contributed by atoms with Gasteiger partial charge >= 0.3 is 32.4 Å². The summed E-state index contributed by atoms with van der Waals surface area (Å²) in [6.45, 7) is -0.393. The minimum atomic E-state index is -6.60. The highest BCUT2D eigenvalue weighted by Gasteiger charge is 2.68. The van der Waals surface area contributed by atoms with E-state index < -0.39 is 39.0 Å². The minimum Gasteiger partial charge on any atom is -0.287 e. The lowest BCUT2D eigenvalue weighted by Crippen LogP contribution is -2.42. The molecule has 0 fully saturated rings. The fourth-order valence-electron chi connectivity index (χ4n) is 0.614. The van der Waals surface area contributed by atoms with E-state index in [0.29, 0.717) is 0 Å². The maximum atomic E-state index is 12.4. The molecule has 0 amide bonds. The van der Waals surface area contributed by atoms with Crippen LogP contribution in [0.5, 0.6) is 0 Å². The van der Waals surface area contributed by atoms with Gasteiger partial charge in [-0.1, -0.05) is 0 Å². The molecule has 0 radical (unpaired) electrons. The second-order valence-electron chi connectivity index (χ2n) is 3.08. The van der Waals surface area contributed by atoms with E-state index in [1.807, 2.05) is 0 Å². The Morgan fingerprint density at radius 3 is 1.24 bits per heavy atom. The third kappa shape index (κ3) is 5.27. The summed E-state index contributed by atoms with van der Waals surface area (Å²) < 4.78 is 140. The number of rotatable bonds is 6. The highest BCUT2D eigenvalue weighted by atomic mass is 31.2. The summed E-state index contributed by atoms with van der Waals surface area (Å²) in [7, 11) is -6.60. The molecule has 0 saturated carbocycles. The first-order valence-electron chi connectivity index (χ1n) is 4.52. The number of phosphoric acid groups is 1. The summed E-state index contributed by atoms with van der Waals surface area (Å²) in [4.78, 5) is 0. The van der Waals surface area contributed by atoms with Crippen LogP contribution >= 0.6 is 7.82 Å². The molecule has 0 unspecified atom stereocenters. The zero-order valence-electron chi connectivity index (χ0n) is 9.57. The van der Waals surface area contributed by atoms with Crippen LogP contribution in [0, 0.1) is 0 Å². The largest absolute Gasteiger partial charge is 0.484 e. The van der Waals surface area contributed by atoms with E-state index in [2.05, 4.69) is 13.6 Å². The fourth-order valence-corrected chi connectivity index (χ4v) is 1.84. The van der Waals surface area contributed by atoms with Gasteiger partial charge in [0.2, 0.25) is 0 Å². The van der Waals surface area contributed by atoms with E-state index in [9.17, 15) is 48.5 Å². The quantitative estimate of drug-likeness (QED) is 0.517. The molecule has 0 heterocycles. The fraction of sp³-hybridized carbons (Fsp3) is 1.00. The van der Waals surface area contributed by atoms with Crippen molar-refractivity contribution >= 4 is 7.82 Å². The van der Waals surface area contributed by atoms with E-state index in [1.54, 1.807) is 0 Å². The van der Waals surface area contributed by atoms with Crippen molar-refractivity contribution < 1.29 is 62.0 Å². The van der Waals surface area contributed by atoms with Crippen molar-refractivity contribution in [3.63, 3.8) is 0 Å². The van der Waals surface area contributed by atoms with Gasteiger partial charge in [0.1, 0.15) is 0 Å². The standard InChI is InChI=1S/C6H5F10O4P/c1-2-18-21(17,19-5(13,14)3(7,8)9)20-6(15,16)4(10,11)12/h2H2,1H3. The Hall–Kier alpha value is -0.590. The van der Waals surface area contributed by atoms with Gasteiger partial charge in [0.25, 0.3) is 0 Å². The maximum Gasteiger partial charge on any atom is 0.484 e. The van der Waals surface area contributed by atoms with Crippen molar-refractivity contribution in [1.29, 1.82) is 0 Å². The lowest BCUT2D eigenvalue weighted by atomic mass is 10.6. The van der Waals surface area contributed by atoms with Crippen molar-refractivity contribution in [2.75, 3.05) is 6.61 Å². The first kappa shape index (κ1) is 20.4. The maximum absolute atomic E-state index is 12.4. The van der Waals surface area contributed by atoms with Crippen LogP contribution in [0.3, 0.4) is 0 Å². The van der Waals surface area contributed by atoms with Crippen molar-refractivity contribution in [3.05, 3.63) is 0 Å². The first-order valence-corrected chi connectivity index (χ1v) is 5.98. The zero-order valence-corrected chi connectivity index (χ0v) is 10.5. The van der Waals surface area contributed by atoms with Gasteiger partial charge in [0.05, 0.1) is 6.61 Å². The summed E-state index contributed by atoms with van der Waals surface area (Å²) in [5.41, 5.74) is 0. The summed E-state index contributed by atoms with van der Waals surface area (Å²) in [6, 6.07) is 0. The molecule has 0 rings (SSSR count). The number of hydrogen-bond acceptors (Lipinski definition) is 4.